The van der Waals surface area contributed by atoms with Gasteiger partial charge in [0.2, 0.25) is 11.3 Å². The Kier molecular flexibility index (Phi) is 2.09. The van der Waals surface area contributed by atoms with E-state index in [2.05, 4.69) is 4.98 Å². The average molecular weight is 194 g/mol. The Bertz CT molecular complexity index is 413. The van der Waals surface area contributed by atoms with Crippen LogP contribution in [0.3, 0.4) is 0 Å². The fourth-order valence-electron chi connectivity index (χ4n) is 1.54. The largest absolute Gasteiger partial charge is 0.391 e. The van der Waals surface area contributed by atoms with Crippen LogP contribution in [0.25, 0.3) is 0 Å². The highest BCUT2D eigenvalue weighted by Gasteiger charge is 2.30. The summed E-state index contributed by atoms with van der Waals surface area (Å²) < 4.78 is 0. The highest BCUT2D eigenvalue weighted by molar-refractivity contribution is 5.95. The van der Waals surface area contributed by atoms with Crippen molar-refractivity contribution in [2.45, 2.75) is 12.5 Å². The van der Waals surface area contributed by atoms with Crippen molar-refractivity contribution < 1.29 is 9.90 Å². The maximum absolute atomic E-state index is 11.4. The van der Waals surface area contributed by atoms with Crippen LogP contribution in [0.2, 0.25) is 0 Å². The molecule has 1 aliphatic heterocycles. The Morgan fingerprint density at radius 1 is 1.50 bits per heavy atom. The molecule has 2 heterocycles. The van der Waals surface area contributed by atoms with Crippen molar-refractivity contribution in [3.05, 3.63) is 28.7 Å². The predicted molar refractivity (Wildman–Crippen MR) is 50.0 cm³/mol. The van der Waals surface area contributed by atoms with Crippen LogP contribution in [-0.2, 0) is 4.79 Å². The van der Waals surface area contributed by atoms with Gasteiger partial charge in [-0.25, -0.2) is 0 Å². The minimum absolute atomic E-state index is 0.0916. The lowest BCUT2D eigenvalue weighted by atomic mass is 10.3. The number of aromatic nitrogens is 1. The smallest absolute Gasteiger partial charge is 0.229 e. The number of hydrogen-bond acceptors (Lipinski definition) is 3. The molecule has 0 radical (unpaired) electrons. The van der Waals surface area contributed by atoms with Gasteiger partial charge in [0, 0.05) is 18.5 Å². The molecule has 1 amide bonds. The third-order valence-corrected chi connectivity index (χ3v) is 2.20. The summed E-state index contributed by atoms with van der Waals surface area (Å²) in [4.78, 5) is 26.8. The molecule has 5 nitrogen and oxygen atoms in total. The van der Waals surface area contributed by atoms with Crippen molar-refractivity contribution in [2.75, 3.05) is 11.4 Å². The molecule has 1 atom stereocenters. The van der Waals surface area contributed by atoms with Crippen molar-refractivity contribution in [1.82, 2.24) is 4.98 Å². The van der Waals surface area contributed by atoms with Crippen molar-refractivity contribution in [2.24, 2.45) is 0 Å². The highest BCUT2D eigenvalue weighted by atomic mass is 16.3. The molecule has 1 aromatic heterocycles. The Labute approximate surface area is 80.0 Å². The number of β-amino-alcohol motifs (C(OH)–C–C–N with tert-alkyl or cyclic N) is 1. The van der Waals surface area contributed by atoms with Gasteiger partial charge in [-0.05, 0) is 0 Å². The van der Waals surface area contributed by atoms with Gasteiger partial charge < -0.3 is 15.0 Å². The molecule has 2 N–H and O–H groups in total. The molecule has 0 saturated carbocycles. The quantitative estimate of drug-likeness (QED) is 0.631. The van der Waals surface area contributed by atoms with E-state index in [0.717, 1.165) is 0 Å². The van der Waals surface area contributed by atoms with Gasteiger partial charge >= 0.3 is 0 Å². The van der Waals surface area contributed by atoms with E-state index in [0.29, 0.717) is 5.69 Å². The van der Waals surface area contributed by atoms with E-state index in [1.54, 1.807) is 0 Å². The molecule has 14 heavy (non-hydrogen) atoms. The minimum atomic E-state index is -0.665. The Hall–Kier alpha value is -1.62. The molecule has 74 valence electrons. The zero-order valence-corrected chi connectivity index (χ0v) is 7.43. The summed E-state index contributed by atoms with van der Waals surface area (Å²) in [6.45, 7) is 0.200. The van der Waals surface area contributed by atoms with Gasteiger partial charge in [-0.3, -0.25) is 9.59 Å². The van der Waals surface area contributed by atoms with Crippen molar-refractivity contribution in [3.8, 4) is 0 Å². The van der Waals surface area contributed by atoms with E-state index < -0.39 is 6.10 Å². The standard InChI is InChI=1S/C9H10N2O3/c12-6-3-9(14)11(5-6)7-4-10-2-1-8(7)13/h1-2,4,6,12H,3,5H2,(H,10,13). The Morgan fingerprint density at radius 2 is 2.29 bits per heavy atom. The lowest BCUT2D eigenvalue weighted by Crippen LogP contribution is -2.29. The summed E-state index contributed by atoms with van der Waals surface area (Å²) >= 11 is 0. The third-order valence-electron chi connectivity index (χ3n) is 2.20. The molecule has 0 aliphatic carbocycles. The number of H-pyrrole nitrogens is 1. The summed E-state index contributed by atoms with van der Waals surface area (Å²) in [5, 5.41) is 9.25. The number of rotatable bonds is 1. The molecular formula is C9H10N2O3. The number of hydrogen-bond donors (Lipinski definition) is 2. The number of aromatic amines is 1. The van der Waals surface area contributed by atoms with Crippen molar-refractivity contribution >= 4 is 11.6 Å². The maximum atomic E-state index is 11.4. The monoisotopic (exact) mass is 194 g/mol. The van der Waals surface area contributed by atoms with Crippen LogP contribution in [0.5, 0.6) is 0 Å². The normalized spacial score (nSPS) is 21.6. The SMILES string of the molecule is O=C1CC(O)CN1c1c[nH]ccc1=O. The zero-order chi connectivity index (χ0) is 10.1. The predicted octanol–water partition coefficient (Wildman–Crippen LogP) is -0.527. The topological polar surface area (TPSA) is 73.4 Å². The first-order valence-electron chi connectivity index (χ1n) is 4.34. The van der Waals surface area contributed by atoms with Crippen molar-refractivity contribution in [1.29, 1.82) is 0 Å². The molecule has 0 spiro atoms. The van der Waals surface area contributed by atoms with Crippen LogP contribution in [0.15, 0.2) is 23.3 Å². The van der Waals surface area contributed by atoms with Gasteiger partial charge in [-0.15, -0.1) is 0 Å². The molecule has 1 fully saturated rings. The summed E-state index contributed by atoms with van der Waals surface area (Å²) in [6, 6.07) is 1.35. The van der Waals surface area contributed by atoms with Crippen LogP contribution >= 0.6 is 0 Å². The van der Waals surface area contributed by atoms with Crippen LogP contribution in [0.4, 0.5) is 5.69 Å². The second kappa shape index (κ2) is 3.26. The van der Waals surface area contributed by atoms with Gasteiger partial charge in [0.05, 0.1) is 19.1 Å². The number of aliphatic hydroxyl groups is 1. The van der Waals surface area contributed by atoms with Crippen LogP contribution in [0, 0.1) is 0 Å². The van der Waals surface area contributed by atoms with Crippen molar-refractivity contribution in [3.63, 3.8) is 0 Å². The van der Waals surface area contributed by atoms with E-state index in [1.807, 2.05) is 0 Å². The van der Waals surface area contributed by atoms with Gasteiger partial charge in [-0.1, -0.05) is 0 Å². The van der Waals surface area contributed by atoms with Gasteiger partial charge in [0.25, 0.3) is 0 Å². The summed E-state index contributed by atoms with van der Waals surface area (Å²) in [5.41, 5.74) is 0.0836. The average Bonchev–Trinajstić information content (AvgIpc) is 2.46. The Balaban J connectivity index is 2.37. The molecule has 1 unspecified atom stereocenters. The first-order chi connectivity index (χ1) is 6.68. The third kappa shape index (κ3) is 1.42. The first-order valence-corrected chi connectivity index (χ1v) is 4.34. The number of carbonyl (C=O) groups excluding carboxylic acids is 1. The summed E-state index contributed by atoms with van der Waals surface area (Å²) in [6.07, 6.45) is 2.40. The van der Waals surface area contributed by atoms with Gasteiger partial charge in [0.15, 0.2) is 0 Å². The second-order valence-electron chi connectivity index (χ2n) is 3.26. The number of carbonyl (C=O) groups is 1. The van der Waals surface area contributed by atoms with E-state index in [1.165, 1.54) is 23.4 Å². The fourth-order valence-corrected chi connectivity index (χ4v) is 1.54. The van der Waals surface area contributed by atoms with Crippen LogP contribution in [-0.4, -0.2) is 28.6 Å². The van der Waals surface area contributed by atoms with Gasteiger partial charge in [0.1, 0.15) is 5.69 Å². The lowest BCUT2D eigenvalue weighted by Gasteiger charge is -2.13. The molecule has 1 aromatic rings. The van der Waals surface area contributed by atoms with Crippen LogP contribution in [0.1, 0.15) is 6.42 Å². The molecule has 0 aromatic carbocycles. The maximum Gasteiger partial charge on any atom is 0.229 e. The number of amides is 1. The molecule has 1 aliphatic rings. The molecule has 1 saturated heterocycles. The highest BCUT2D eigenvalue weighted by Crippen LogP contribution is 2.16. The van der Waals surface area contributed by atoms with E-state index in [-0.39, 0.29) is 24.3 Å². The van der Waals surface area contributed by atoms with Crippen LogP contribution < -0.4 is 10.3 Å². The second-order valence-corrected chi connectivity index (χ2v) is 3.26. The summed E-state index contributed by atoms with van der Waals surface area (Å²) in [7, 11) is 0. The minimum Gasteiger partial charge on any atom is -0.391 e. The number of nitrogens with zero attached hydrogens (tertiary/aromatic N) is 1. The summed E-state index contributed by atoms with van der Waals surface area (Å²) in [5.74, 6) is -0.214. The van der Waals surface area contributed by atoms with E-state index >= 15 is 0 Å². The van der Waals surface area contributed by atoms with E-state index in [4.69, 9.17) is 0 Å². The molecular weight excluding hydrogens is 184 g/mol. The fraction of sp³-hybridized carbons (Fsp3) is 0.333. The zero-order valence-electron chi connectivity index (χ0n) is 7.43. The molecule has 2 rings (SSSR count). The number of pyridine rings is 1. The number of nitrogens with one attached hydrogen (secondary N) is 1. The number of anilines is 1. The first kappa shape index (κ1) is 8.96. The Morgan fingerprint density at radius 3 is 2.86 bits per heavy atom. The van der Waals surface area contributed by atoms with Gasteiger partial charge in [-0.2, -0.15) is 0 Å². The lowest BCUT2D eigenvalue weighted by molar-refractivity contribution is -0.117. The number of aliphatic hydroxyl groups excluding tert-OH is 1. The molecule has 5 heteroatoms. The van der Waals surface area contributed by atoms with E-state index in [9.17, 15) is 14.7 Å². The molecule has 0 bridgehead atoms.